The van der Waals surface area contributed by atoms with Gasteiger partial charge in [-0.3, -0.25) is 9.69 Å². The monoisotopic (exact) mass is 451 g/mol. The van der Waals surface area contributed by atoms with Gasteiger partial charge in [-0.15, -0.1) is 5.10 Å². The van der Waals surface area contributed by atoms with Crippen molar-refractivity contribution in [3.63, 3.8) is 0 Å². The molecule has 1 saturated carbocycles. The fraction of sp³-hybridized carbons (Fsp3) is 0.583. The molecule has 5 rings (SSSR count). The normalized spacial score (nSPS) is 19.3. The van der Waals surface area contributed by atoms with Gasteiger partial charge in [0.1, 0.15) is 11.8 Å². The van der Waals surface area contributed by atoms with E-state index in [1.165, 1.54) is 12.8 Å². The number of hydrogen-bond acceptors (Lipinski definition) is 7. The highest BCUT2D eigenvalue weighted by Gasteiger charge is 2.34. The predicted molar refractivity (Wildman–Crippen MR) is 127 cm³/mol. The maximum absolute atomic E-state index is 13.4. The summed E-state index contributed by atoms with van der Waals surface area (Å²) < 4.78 is 7.69. The summed E-state index contributed by atoms with van der Waals surface area (Å²) in [4.78, 5) is 21.3. The summed E-state index contributed by atoms with van der Waals surface area (Å²) in [6, 6.07) is 7.81. The predicted octanol–water partition coefficient (Wildman–Crippen LogP) is 2.76. The Morgan fingerprint density at radius 1 is 1.12 bits per heavy atom. The van der Waals surface area contributed by atoms with Crippen LogP contribution in [0.15, 0.2) is 29.1 Å². The van der Waals surface area contributed by atoms with E-state index in [1.807, 2.05) is 35.9 Å². The molecule has 176 valence electrons. The Labute approximate surface area is 193 Å². The summed E-state index contributed by atoms with van der Waals surface area (Å²) in [7, 11) is 0. The molecule has 33 heavy (non-hydrogen) atoms. The third-order valence-corrected chi connectivity index (χ3v) is 7.10. The van der Waals surface area contributed by atoms with Gasteiger partial charge in [0.05, 0.1) is 12.6 Å². The lowest BCUT2D eigenvalue weighted by atomic mass is 10.0. The minimum absolute atomic E-state index is 0.0875. The number of aromatic nitrogens is 5. The fourth-order valence-electron chi connectivity index (χ4n) is 5.29. The number of piperazine rings is 1. The quantitative estimate of drug-likeness (QED) is 0.590. The summed E-state index contributed by atoms with van der Waals surface area (Å²) in [5.41, 5.74) is 1.41. The second-order valence-electron chi connectivity index (χ2n) is 9.03. The molecule has 1 aromatic carbocycles. The van der Waals surface area contributed by atoms with Gasteiger partial charge in [-0.2, -0.15) is 0 Å². The van der Waals surface area contributed by atoms with Crippen molar-refractivity contribution in [1.29, 1.82) is 0 Å². The van der Waals surface area contributed by atoms with E-state index in [1.54, 1.807) is 0 Å². The summed E-state index contributed by atoms with van der Waals surface area (Å²) in [6.45, 7) is 9.47. The molecular weight excluding hydrogens is 418 g/mol. The standard InChI is InChI=1S/C24H33N7O2/c1-3-29-11-13-30(14-12-29)22(23-26-27-28-31(23)18-7-5-6-8-18)20-16-17-15-19(33-4-2)9-10-21(17)25-24(20)32/h9-10,15-16,18,22H,3-8,11-14H2,1-2H3,(H,25,32). The fourth-order valence-corrected chi connectivity index (χ4v) is 5.29. The van der Waals surface area contributed by atoms with Gasteiger partial charge in [0.25, 0.3) is 5.56 Å². The van der Waals surface area contributed by atoms with E-state index in [9.17, 15) is 4.79 Å². The lowest BCUT2D eigenvalue weighted by Crippen LogP contribution is -2.49. The van der Waals surface area contributed by atoms with Crippen molar-refractivity contribution in [1.82, 2.24) is 35.0 Å². The van der Waals surface area contributed by atoms with Crippen LogP contribution < -0.4 is 10.3 Å². The molecular formula is C24H33N7O2. The van der Waals surface area contributed by atoms with Crippen molar-refractivity contribution in [2.45, 2.75) is 51.6 Å². The van der Waals surface area contributed by atoms with E-state index in [0.717, 1.165) is 68.0 Å². The van der Waals surface area contributed by atoms with E-state index in [0.29, 0.717) is 18.2 Å². The van der Waals surface area contributed by atoms with Crippen LogP contribution in [0.4, 0.5) is 0 Å². The molecule has 0 spiro atoms. The Morgan fingerprint density at radius 2 is 1.91 bits per heavy atom. The van der Waals surface area contributed by atoms with E-state index >= 15 is 0 Å². The molecule has 2 aliphatic rings. The van der Waals surface area contributed by atoms with Gasteiger partial charge in [-0.25, -0.2) is 4.68 Å². The lowest BCUT2D eigenvalue weighted by Gasteiger charge is -2.38. The van der Waals surface area contributed by atoms with Crippen LogP contribution in [-0.4, -0.2) is 74.3 Å². The third kappa shape index (κ3) is 4.39. The molecule has 0 radical (unpaired) electrons. The van der Waals surface area contributed by atoms with E-state index in [-0.39, 0.29) is 11.6 Å². The number of nitrogens with one attached hydrogen (secondary N) is 1. The van der Waals surface area contributed by atoms with Crippen LogP contribution in [0.3, 0.4) is 0 Å². The molecule has 0 bridgehead atoms. The summed E-state index contributed by atoms with van der Waals surface area (Å²) in [5.74, 6) is 1.57. The van der Waals surface area contributed by atoms with Crippen molar-refractivity contribution in [2.75, 3.05) is 39.3 Å². The Hall–Kier alpha value is -2.78. The second kappa shape index (κ2) is 9.61. The number of hydrogen-bond donors (Lipinski definition) is 1. The number of rotatable bonds is 7. The summed E-state index contributed by atoms with van der Waals surface area (Å²) in [5, 5.41) is 13.9. The van der Waals surface area contributed by atoms with Crippen molar-refractivity contribution in [3.8, 4) is 5.75 Å². The van der Waals surface area contributed by atoms with Gasteiger partial charge in [0.15, 0.2) is 5.82 Å². The number of tetrazole rings is 1. The number of H-pyrrole nitrogens is 1. The molecule has 1 aliphatic heterocycles. The SMILES string of the molecule is CCOc1ccc2[nH]c(=O)c(C(c3nnnn3C3CCCC3)N3CCN(CC)CC3)cc2c1. The largest absolute Gasteiger partial charge is 0.494 e. The van der Waals surface area contributed by atoms with Crippen LogP contribution in [0, 0.1) is 0 Å². The first-order valence-electron chi connectivity index (χ1n) is 12.2. The summed E-state index contributed by atoms with van der Waals surface area (Å²) in [6.07, 6.45) is 4.56. The van der Waals surface area contributed by atoms with E-state index in [2.05, 4.69) is 37.2 Å². The molecule has 2 aromatic heterocycles. The number of ether oxygens (including phenoxy) is 1. The van der Waals surface area contributed by atoms with E-state index < -0.39 is 0 Å². The van der Waals surface area contributed by atoms with Crippen molar-refractivity contribution >= 4 is 10.9 Å². The minimum Gasteiger partial charge on any atom is -0.494 e. The maximum atomic E-state index is 13.4. The van der Waals surface area contributed by atoms with Gasteiger partial charge < -0.3 is 14.6 Å². The van der Waals surface area contributed by atoms with Crippen LogP contribution >= 0.6 is 0 Å². The minimum atomic E-state index is -0.288. The Bertz CT molecular complexity index is 1140. The zero-order valence-corrected chi connectivity index (χ0v) is 19.5. The first kappa shape index (κ1) is 22.0. The molecule has 2 fully saturated rings. The van der Waals surface area contributed by atoms with Crippen LogP contribution in [-0.2, 0) is 0 Å². The van der Waals surface area contributed by atoms with Crippen LogP contribution in [0.5, 0.6) is 5.75 Å². The molecule has 1 unspecified atom stereocenters. The van der Waals surface area contributed by atoms with Gasteiger partial charge in [0, 0.05) is 42.6 Å². The Morgan fingerprint density at radius 3 is 2.64 bits per heavy atom. The zero-order chi connectivity index (χ0) is 22.8. The first-order chi connectivity index (χ1) is 16.2. The molecule has 3 heterocycles. The molecule has 1 aliphatic carbocycles. The highest BCUT2D eigenvalue weighted by molar-refractivity contribution is 5.80. The Kier molecular flexibility index (Phi) is 6.41. The first-order valence-corrected chi connectivity index (χ1v) is 12.2. The van der Waals surface area contributed by atoms with Crippen molar-refractivity contribution in [2.24, 2.45) is 0 Å². The third-order valence-electron chi connectivity index (χ3n) is 7.10. The highest BCUT2D eigenvalue weighted by Crippen LogP contribution is 2.34. The number of fused-ring (bicyclic) bond motifs is 1. The molecule has 3 aromatic rings. The Balaban J connectivity index is 1.60. The molecule has 9 heteroatoms. The lowest BCUT2D eigenvalue weighted by molar-refractivity contribution is 0.107. The van der Waals surface area contributed by atoms with Gasteiger partial charge in [0.2, 0.25) is 0 Å². The average Bonchev–Trinajstić information content (AvgIpc) is 3.53. The maximum Gasteiger partial charge on any atom is 0.253 e. The number of benzene rings is 1. The van der Waals surface area contributed by atoms with Crippen LogP contribution in [0.1, 0.15) is 63.0 Å². The van der Waals surface area contributed by atoms with Gasteiger partial charge in [-0.05, 0) is 61.0 Å². The number of aromatic amines is 1. The zero-order valence-electron chi connectivity index (χ0n) is 19.5. The van der Waals surface area contributed by atoms with Gasteiger partial charge in [-0.1, -0.05) is 19.8 Å². The number of pyridine rings is 1. The molecule has 0 amide bonds. The molecule has 1 N–H and O–H groups in total. The van der Waals surface area contributed by atoms with E-state index in [4.69, 9.17) is 4.74 Å². The topological polar surface area (TPSA) is 92.2 Å². The van der Waals surface area contributed by atoms with Crippen molar-refractivity contribution in [3.05, 3.63) is 46.0 Å². The second-order valence-corrected chi connectivity index (χ2v) is 9.03. The molecule has 9 nitrogen and oxygen atoms in total. The summed E-state index contributed by atoms with van der Waals surface area (Å²) >= 11 is 0. The molecule has 1 saturated heterocycles. The average molecular weight is 452 g/mol. The number of nitrogens with zero attached hydrogens (tertiary/aromatic N) is 6. The smallest absolute Gasteiger partial charge is 0.253 e. The van der Waals surface area contributed by atoms with Gasteiger partial charge >= 0.3 is 0 Å². The van der Waals surface area contributed by atoms with Crippen LogP contribution in [0.2, 0.25) is 0 Å². The number of likely N-dealkylation sites (N-methyl/N-ethyl adjacent to an activating group) is 1. The van der Waals surface area contributed by atoms with Crippen LogP contribution in [0.25, 0.3) is 10.9 Å². The van der Waals surface area contributed by atoms with Crippen molar-refractivity contribution < 1.29 is 4.74 Å². The molecule has 1 atom stereocenters. The highest BCUT2D eigenvalue weighted by atomic mass is 16.5.